The number of aromatic nitrogens is 3. The van der Waals surface area contributed by atoms with Crippen LogP contribution in [0.3, 0.4) is 0 Å². The third-order valence-electron chi connectivity index (χ3n) is 5.17. The largest absolute Gasteiger partial charge is 0.349 e. The summed E-state index contributed by atoms with van der Waals surface area (Å²) in [6.45, 7) is 4.10. The molecular weight excluding hydrogens is 390 g/mol. The normalized spacial score (nSPS) is 11.4. The van der Waals surface area contributed by atoms with Crippen molar-refractivity contribution in [3.63, 3.8) is 0 Å². The zero-order chi connectivity index (χ0) is 20.7. The minimum atomic E-state index is -0.0724. The summed E-state index contributed by atoms with van der Waals surface area (Å²) in [7, 11) is 0. The van der Waals surface area contributed by atoms with Gasteiger partial charge in [0.15, 0.2) is 5.16 Å². The van der Waals surface area contributed by atoms with E-state index < -0.39 is 0 Å². The lowest BCUT2D eigenvalue weighted by Crippen LogP contribution is -2.22. The van der Waals surface area contributed by atoms with E-state index in [-0.39, 0.29) is 5.56 Å². The number of H-pyrrole nitrogens is 1. The highest BCUT2D eigenvalue weighted by Crippen LogP contribution is 2.28. The van der Waals surface area contributed by atoms with Gasteiger partial charge in [-0.05, 0) is 48.7 Å². The molecule has 2 heterocycles. The van der Waals surface area contributed by atoms with Gasteiger partial charge in [0.1, 0.15) is 11.0 Å². The van der Waals surface area contributed by atoms with Crippen molar-refractivity contribution in [3.8, 4) is 5.69 Å². The van der Waals surface area contributed by atoms with Crippen molar-refractivity contribution in [3.05, 3.63) is 99.8 Å². The van der Waals surface area contributed by atoms with Crippen molar-refractivity contribution in [2.45, 2.75) is 24.8 Å². The summed E-state index contributed by atoms with van der Waals surface area (Å²) >= 11 is 1.59. The van der Waals surface area contributed by atoms with Crippen LogP contribution in [0.15, 0.2) is 82.7 Å². The van der Waals surface area contributed by atoms with E-state index in [0.717, 1.165) is 39.0 Å². The van der Waals surface area contributed by atoms with Gasteiger partial charge in [0.05, 0.1) is 5.69 Å². The van der Waals surface area contributed by atoms with Gasteiger partial charge in [-0.1, -0.05) is 66.4 Å². The van der Waals surface area contributed by atoms with Crippen LogP contribution in [0.5, 0.6) is 0 Å². The molecule has 0 saturated carbocycles. The molecule has 0 saturated heterocycles. The molecule has 0 radical (unpaired) electrons. The first-order valence-electron chi connectivity index (χ1n) is 9.89. The van der Waals surface area contributed by atoms with E-state index in [0.29, 0.717) is 10.7 Å². The van der Waals surface area contributed by atoms with Crippen LogP contribution in [-0.2, 0) is 5.75 Å². The Morgan fingerprint density at radius 3 is 2.40 bits per heavy atom. The Hall–Kier alpha value is -3.31. The average Bonchev–Trinajstić information content (AvgIpc) is 3.11. The van der Waals surface area contributed by atoms with Gasteiger partial charge >= 0.3 is 0 Å². The molecule has 1 N–H and O–H groups in total. The monoisotopic (exact) mass is 411 g/mol. The van der Waals surface area contributed by atoms with E-state index in [2.05, 4.69) is 23.2 Å². The van der Waals surface area contributed by atoms with Crippen molar-refractivity contribution in [1.29, 1.82) is 0 Å². The van der Waals surface area contributed by atoms with Crippen LogP contribution >= 0.6 is 11.8 Å². The van der Waals surface area contributed by atoms with Crippen LogP contribution in [0, 0.1) is 13.8 Å². The van der Waals surface area contributed by atoms with Gasteiger partial charge in [-0.25, -0.2) is 4.98 Å². The number of benzene rings is 3. The molecule has 0 atom stereocenters. The first-order chi connectivity index (χ1) is 14.6. The van der Waals surface area contributed by atoms with Gasteiger partial charge in [-0.15, -0.1) is 0 Å². The van der Waals surface area contributed by atoms with Crippen LogP contribution in [-0.4, -0.2) is 14.5 Å². The number of nitrogens with one attached hydrogen (secondary N) is 1. The van der Waals surface area contributed by atoms with Gasteiger partial charge in [0, 0.05) is 16.7 Å². The maximum atomic E-state index is 13.6. The van der Waals surface area contributed by atoms with Crippen LogP contribution in [0.1, 0.15) is 16.7 Å². The number of hydrogen-bond donors (Lipinski definition) is 1. The quantitative estimate of drug-likeness (QED) is 0.301. The molecule has 5 heteroatoms. The molecule has 148 valence electrons. The number of aromatic amines is 1. The first-order valence-corrected chi connectivity index (χ1v) is 10.9. The third kappa shape index (κ3) is 3.31. The predicted molar refractivity (Wildman–Crippen MR) is 125 cm³/mol. The minimum absolute atomic E-state index is 0.0724. The maximum absolute atomic E-state index is 13.6. The lowest BCUT2D eigenvalue weighted by molar-refractivity contribution is 0.817. The van der Waals surface area contributed by atoms with Crippen molar-refractivity contribution in [2.24, 2.45) is 0 Å². The summed E-state index contributed by atoms with van der Waals surface area (Å²) in [5.41, 5.74) is 6.40. The highest BCUT2D eigenvalue weighted by Gasteiger charge is 2.17. The average molecular weight is 412 g/mol. The molecule has 5 aromatic rings. The number of fused-ring (bicyclic) bond motifs is 3. The fourth-order valence-electron chi connectivity index (χ4n) is 3.87. The summed E-state index contributed by atoms with van der Waals surface area (Å²) in [4.78, 5) is 21.9. The Balaban J connectivity index is 1.75. The van der Waals surface area contributed by atoms with Crippen molar-refractivity contribution >= 4 is 33.7 Å². The van der Waals surface area contributed by atoms with E-state index in [1.165, 1.54) is 5.56 Å². The molecule has 4 nitrogen and oxygen atoms in total. The number of thioether (sulfide) groups is 1. The maximum Gasteiger partial charge on any atom is 0.283 e. The summed E-state index contributed by atoms with van der Waals surface area (Å²) in [5.74, 6) is 0.742. The fourth-order valence-corrected chi connectivity index (χ4v) is 4.83. The second-order valence-corrected chi connectivity index (χ2v) is 8.49. The summed E-state index contributed by atoms with van der Waals surface area (Å²) in [6, 6.07) is 24.4. The molecule has 0 bridgehead atoms. The van der Waals surface area contributed by atoms with E-state index in [9.17, 15) is 4.79 Å². The lowest BCUT2D eigenvalue weighted by Gasteiger charge is -2.13. The van der Waals surface area contributed by atoms with E-state index in [1.54, 1.807) is 16.3 Å². The molecule has 0 spiro atoms. The fraction of sp³-hybridized carbons (Fsp3) is 0.120. The molecule has 3 aromatic carbocycles. The molecule has 0 amide bonds. The van der Waals surface area contributed by atoms with Gasteiger partial charge < -0.3 is 4.98 Å². The van der Waals surface area contributed by atoms with Crippen LogP contribution in [0.25, 0.3) is 27.6 Å². The first kappa shape index (κ1) is 18.7. The topological polar surface area (TPSA) is 50.7 Å². The Morgan fingerprint density at radius 2 is 1.63 bits per heavy atom. The number of nitrogens with zero attached hydrogens (tertiary/aromatic N) is 2. The van der Waals surface area contributed by atoms with E-state index in [1.807, 2.05) is 68.4 Å². The molecule has 0 fully saturated rings. The molecule has 0 unspecified atom stereocenters. The van der Waals surface area contributed by atoms with Crippen molar-refractivity contribution in [2.75, 3.05) is 0 Å². The molecule has 2 aromatic heterocycles. The Bertz CT molecular complexity index is 1410. The van der Waals surface area contributed by atoms with Crippen molar-refractivity contribution < 1.29 is 0 Å². The standard InChI is InChI=1S/C25H21N3OS/c1-16-12-17(2)14-19(13-16)28-24(29)23-22(20-10-6-7-11-21(20)26-23)27-25(28)30-15-18-8-4-3-5-9-18/h3-14,26H,15H2,1-2H3. The Labute approximate surface area is 178 Å². The highest BCUT2D eigenvalue weighted by molar-refractivity contribution is 7.98. The number of rotatable bonds is 4. The molecule has 0 aliphatic rings. The SMILES string of the molecule is Cc1cc(C)cc(-n2c(SCc3ccccc3)nc3c([nH]c4ccccc43)c2=O)c1. The van der Waals surface area contributed by atoms with Gasteiger partial charge in [0.25, 0.3) is 5.56 Å². The highest BCUT2D eigenvalue weighted by atomic mass is 32.2. The summed E-state index contributed by atoms with van der Waals surface area (Å²) < 4.78 is 1.74. The zero-order valence-electron chi connectivity index (χ0n) is 16.8. The second kappa shape index (κ2) is 7.50. The Morgan fingerprint density at radius 1 is 0.933 bits per heavy atom. The third-order valence-corrected chi connectivity index (χ3v) is 6.18. The van der Waals surface area contributed by atoms with Gasteiger partial charge in [0.2, 0.25) is 0 Å². The number of aryl methyl sites for hydroxylation is 2. The summed E-state index contributed by atoms with van der Waals surface area (Å²) in [5, 5.41) is 1.67. The van der Waals surface area contributed by atoms with E-state index >= 15 is 0 Å². The molecule has 30 heavy (non-hydrogen) atoms. The van der Waals surface area contributed by atoms with Gasteiger partial charge in [-0.3, -0.25) is 9.36 Å². The molecule has 0 aliphatic carbocycles. The zero-order valence-corrected chi connectivity index (χ0v) is 17.7. The van der Waals surface area contributed by atoms with Crippen LogP contribution in [0.2, 0.25) is 0 Å². The molecule has 5 rings (SSSR count). The number of para-hydroxylation sites is 1. The second-order valence-electron chi connectivity index (χ2n) is 7.55. The summed E-state index contributed by atoms with van der Waals surface area (Å²) in [6.07, 6.45) is 0. The molecular formula is C25H21N3OS. The minimum Gasteiger partial charge on any atom is -0.349 e. The smallest absolute Gasteiger partial charge is 0.283 e. The van der Waals surface area contributed by atoms with E-state index in [4.69, 9.17) is 4.98 Å². The van der Waals surface area contributed by atoms with Gasteiger partial charge in [-0.2, -0.15) is 0 Å². The molecule has 0 aliphatic heterocycles. The Kier molecular flexibility index (Phi) is 4.68. The predicted octanol–water partition coefficient (Wildman–Crippen LogP) is 5.78. The van der Waals surface area contributed by atoms with Crippen molar-refractivity contribution in [1.82, 2.24) is 14.5 Å². The number of hydrogen-bond acceptors (Lipinski definition) is 3. The van der Waals surface area contributed by atoms with Crippen LogP contribution < -0.4 is 5.56 Å². The lowest BCUT2D eigenvalue weighted by atomic mass is 10.1. The van der Waals surface area contributed by atoms with Crippen LogP contribution in [0.4, 0.5) is 0 Å².